The van der Waals surface area contributed by atoms with Gasteiger partial charge in [-0.1, -0.05) is 11.6 Å². The monoisotopic (exact) mass is 321 g/mol. The molecule has 24 heavy (non-hydrogen) atoms. The fourth-order valence-corrected chi connectivity index (χ4v) is 2.81. The molecule has 2 heterocycles. The number of hydrogen-bond donors (Lipinski definition) is 2. The average molecular weight is 321 g/mol. The molecule has 5 heteroatoms. The van der Waals surface area contributed by atoms with E-state index < -0.39 is 11.7 Å². The molecule has 122 valence electrons. The number of hydrogen-bond acceptors (Lipinski definition) is 3. The van der Waals surface area contributed by atoms with E-state index >= 15 is 0 Å². The van der Waals surface area contributed by atoms with Gasteiger partial charge >= 0.3 is 0 Å². The van der Waals surface area contributed by atoms with Gasteiger partial charge < -0.3 is 10.3 Å². The highest BCUT2D eigenvalue weighted by Gasteiger charge is 2.17. The third kappa shape index (κ3) is 2.93. The number of carbonyl (C=O) groups excluding carboxylic acids is 2. The van der Waals surface area contributed by atoms with Crippen molar-refractivity contribution in [1.82, 2.24) is 15.3 Å². The first-order valence-corrected chi connectivity index (χ1v) is 7.78. The smallest absolute Gasteiger partial charge is 0.292 e. The van der Waals surface area contributed by atoms with Gasteiger partial charge in [0.25, 0.3) is 11.7 Å². The summed E-state index contributed by atoms with van der Waals surface area (Å²) in [4.78, 5) is 31.4. The minimum atomic E-state index is -0.627. The number of carbonyl (C=O) groups is 2. The van der Waals surface area contributed by atoms with Gasteiger partial charge in [-0.2, -0.15) is 0 Å². The van der Waals surface area contributed by atoms with E-state index in [1.165, 1.54) is 11.8 Å². The summed E-state index contributed by atoms with van der Waals surface area (Å²) in [6.45, 7) is 6.41. The van der Waals surface area contributed by atoms with Crippen LogP contribution in [0.4, 0.5) is 0 Å². The Morgan fingerprint density at radius 3 is 2.71 bits per heavy atom. The number of H-pyrrole nitrogens is 1. The molecule has 0 saturated carbocycles. The average Bonchev–Trinajstić information content (AvgIpc) is 2.87. The number of aromatic amines is 1. The van der Waals surface area contributed by atoms with Crippen molar-refractivity contribution in [3.05, 3.63) is 64.6 Å². The van der Waals surface area contributed by atoms with Gasteiger partial charge in [-0.3, -0.25) is 14.6 Å². The number of amides is 1. The van der Waals surface area contributed by atoms with Crippen molar-refractivity contribution in [3.8, 4) is 0 Å². The Morgan fingerprint density at radius 1 is 1.21 bits per heavy atom. The van der Waals surface area contributed by atoms with Crippen molar-refractivity contribution in [2.75, 3.05) is 0 Å². The molecule has 1 amide bonds. The van der Waals surface area contributed by atoms with Crippen LogP contribution < -0.4 is 5.32 Å². The summed E-state index contributed by atoms with van der Waals surface area (Å²) in [6.07, 6.45) is 2.96. The standard InChI is InChI=1S/C19H19N3O2/c1-11-7-15(17-16(8-11)12(2)13(3)22-17)10-21-19(24)18(23)14-5-4-6-20-9-14/h4-9,22H,10H2,1-3H3,(H,21,24). The number of nitrogens with one attached hydrogen (secondary N) is 2. The first kappa shape index (κ1) is 15.9. The van der Waals surface area contributed by atoms with E-state index in [1.807, 2.05) is 19.9 Å². The van der Waals surface area contributed by atoms with Crippen molar-refractivity contribution < 1.29 is 9.59 Å². The van der Waals surface area contributed by atoms with Crippen molar-refractivity contribution in [2.45, 2.75) is 27.3 Å². The van der Waals surface area contributed by atoms with E-state index in [9.17, 15) is 9.59 Å². The molecule has 0 atom stereocenters. The molecule has 3 rings (SSSR count). The van der Waals surface area contributed by atoms with Crippen LogP contribution in [0.3, 0.4) is 0 Å². The highest BCUT2D eigenvalue weighted by Crippen LogP contribution is 2.26. The van der Waals surface area contributed by atoms with Gasteiger partial charge in [0.05, 0.1) is 5.52 Å². The van der Waals surface area contributed by atoms with Crippen LogP contribution in [-0.4, -0.2) is 21.7 Å². The van der Waals surface area contributed by atoms with E-state index in [1.54, 1.807) is 18.3 Å². The minimum absolute atomic E-state index is 0.288. The lowest BCUT2D eigenvalue weighted by Gasteiger charge is -2.08. The van der Waals surface area contributed by atoms with E-state index in [0.29, 0.717) is 6.54 Å². The second-order valence-corrected chi connectivity index (χ2v) is 5.98. The zero-order valence-corrected chi connectivity index (χ0v) is 13.9. The van der Waals surface area contributed by atoms with Gasteiger partial charge in [0, 0.05) is 35.6 Å². The molecule has 0 unspecified atom stereocenters. The molecule has 1 aromatic carbocycles. The quantitative estimate of drug-likeness (QED) is 0.573. The maximum absolute atomic E-state index is 12.1. The Morgan fingerprint density at radius 2 is 2.00 bits per heavy atom. The van der Waals surface area contributed by atoms with E-state index in [2.05, 4.69) is 28.3 Å². The van der Waals surface area contributed by atoms with Crippen molar-refractivity contribution in [1.29, 1.82) is 0 Å². The summed E-state index contributed by atoms with van der Waals surface area (Å²) in [6, 6.07) is 7.36. The van der Waals surface area contributed by atoms with Gasteiger partial charge in [-0.25, -0.2) is 0 Å². The van der Waals surface area contributed by atoms with Crippen LogP contribution in [0.1, 0.15) is 32.7 Å². The van der Waals surface area contributed by atoms with Gasteiger partial charge in [0.15, 0.2) is 0 Å². The second-order valence-electron chi connectivity index (χ2n) is 5.98. The highest BCUT2D eigenvalue weighted by atomic mass is 16.2. The Hall–Kier alpha value is -2.95. The first-order valence-electron chi connectivity index (χ1n) is 7.78. The van der Waals surface area contributed by atoms with Crippen molar-refractivity contribution in [2.24, 2.45) is 0 Å². The molecule has 2 aromatic heterocycles. The molecule has 0 spiro atoms. The SMILES string of the molecule is Cc1cc(CNC(=O)C(=O)c2cccnc2)c2[nH]c(C)c(C)c2c1. The number of fused-ring (bicyclic) bond motifs is 1. The summed E-state index contributed by atoms with van der Waals surface area (Å²) in [5, 5.41) is 3.86. The number of nitrogens with zero attached hydrogens (tertiary/aromatic N) is 1. The van der Waals surface area contributed by atoms with Gasteiger partial charge in [-0.15, -0.1) is 0 Å². The summed E-state index contributed by atoms with van der Waals surface area (Å²) in [5.74, 6) is -1.21. The number of rotatable bonds is 4. The summed E-state index contributed by atoms with van der Waals surface area (Å²) < 4.78 is 0. The van der Waals surface area contributed by atoms with E-state index in [0.717, 1.165) is 27.7 Å². The molecule has 2 N–H and O–H groups in total. The number of pyridine rings is 1. The van der Waals surface area contributed by atoms with Crippen LogP contribution in [0.5, 0.6) is 0 Å². The third-order valence-corrected chi connectivity index (χ3v) is 4.21. The minimum Gasteiger partial charge on any atom is -0.358 e. The Kier molecular flexibility index (Phi) is 4.16. The Labute approximate surface area is 140 Å². The first-order chi connectivity index (χ1) is 11.5. The molecule has 0 aliphatic heterocycles. The van der Waals surface area contributed by atoms with Crippen molar-refractivity contribution in [3.63, 3.8) is 0 Å². The van der Waals surface area contributed by atoms with Crippen LogP contribution in [0, 0.1) is 20.8 Å². The largest absolute Gasteiger partial charge is 0.358 e. The Balaban J connectivity index is 1.82. The maximum atomic E-state index is 12.1. The molecule has 3 aromatic rings. The van der Waals surface area contributed by atoms with Crippen LogP contribution >= 0.6 is 0 Å². The molecule has 0 bridgehead atoms. The molecule has 0 saturated heterocycles. The predicted octanol–water partition coefficient (Wildman–Crippen LogP) is 2.99. The Bertz CT molecular complexity index is 927. The third-order valence-electron chi connectivity index (χ3n) is 4.21. The summed E-state index contributed by atoms with van der Waals surface area (Å²) in [7, 11) is 0. The van der Waals surface area contributed by atoms with Gasteiger partial charge in [-0.05, 0) is 50.1 Å². The molecule has 5 nitrogen and oxygen atoms in total. The lowest BCUT2D eigenvalue weighted by Crippen LogP contribution is -2.30. The van der Waals surface area contributed by atoms with Crippen LogP contribution in [0.2, 0.25) is 0 Å². The zero-order valence-electron chi connectivity index (χ0n) is 13.9. The number of Topliss-reactive ketones (excluding diaryl/α,β-unsaturated/α-hetero) is 1. The molecule has 0 radical (unpaired) electrons. The second kappa shape index (κ2) is 6.28. The normalized spacial score (nSPS) is 10.8. The van der Waals surface area contributed by atoms with Gasteiger partial charge in [0.1, 0.15) is 0 Å². The molecular formula is C19H19N3O2. The van der Waals surface area contributed by atoms with Crippen LogP contribution in [0.25, 0.3) is 10.9 Å². The van der Waals surface area contributed by atoms with Gasteiger partial charge in [0.2, 0.25) is 0 Å². The number of benzene rings is 1. The number of aryl methyl sites for hydroxylation is 3. The number of ketones is 1. The fraction of sp³-hybridized carbons (Fsp3) is 0.211. The molecule has 0 aliphatic rings. The highest BCUT2D eigenvalue weighted by molar-refractivity contribution is 6.42. The summed E-state index contributed by atoms with van der Waals surface area (Å²) in [5.41, 5.74) is 5.68. The predicted molar refractivity (Wildman–Crippen MR) is 92.9 cm³/mol. The van der Waals surface area contributed by atoms with Crippen LogP contribution in [0.15, 0.2) is 36.7 Å². The zero-order chi connectivity index (χ0) is 17.3. The molecule has 0 aliphatic carbocycles. The lowest BCUT2D eigenvalue weighted by atomic mass is 10.0. The summed E-state index contributed by atoms with van der Waals surface area (Å²) >= 11 is 0. The molecular weight excluding hydrogens is 302 g/mol. The molecule has 0 fully saturated rings. The van der Waals surface area contributed by atoms with Crippen molar-refractivity contribution >= 4 is 22.6 Å². The van der Waals surface area contributed by atoms with E-state index in [-0.39, 0.29) is 5.56 Å². The maximum Gasteiger partial charge on any atom is 0.292 e. The van der Waals surface area contributed by atoms with Crippen LogP contribution in [-0.2, 0) is 11.3 Å². The van der Waals surface area contributed by atoms with E-state index in [4.69, 9.17) is 0 Å². The number of aromatic nitrogens is 2. The lowest BCUT2D eigenvalue weighted by molar-refractivity contribution is -0.117. The topological polar surface area (TPSA) is 74.8 Å². The fourth-order valence-electron chi connectivity index (χ4n) is 2.81.